The molecule has 6 heteroatoms. The summed E-state index contributed by atoms with van der Waals surface area (Å²) >= 11 is 1.75. The molecular formula is C11H13NO3S2. The van der Waals surface area contributed by atoms with Gasteiger partial charge in [-0.05, 0) is 19.1 Å². The van der Waals surface area contributed by atoms with Gasteiger partial charge in [-0.3, -0.25) is 4.28 Å². The first-order valence-electron chi connectivity index (χ1n) is 5.15. The summed E-state index contributed by atoms with van der Waals surface area (Å²) in [6.07, 6.45) is 1.71. The maximum atomic E-state index is 10.9. The van der Waals surface area contributed by atoms with Crippen LogP contribution in [-0.4, -0.2) is 26.1 Å². The molecule has 2 rings (SSSR count). The second-order valence-corrected chi connectivity index (χ2v) is 6.61. The molecule has 0 N–H and O–H groups in total. The van der Waals surface area contributed by atoms with Gasteiger partial charge in [0.2, 0.25) is 0 Å². The van der Waals surface area contributed by atoms with Crippen molar-refractivity contribution in [2.75, 3.05) is 12.0 Å². The molecule has 0 fully saturated rings. The van der Waals surface area contributed by atoms with Gasteiger partial charge in [0.1, 0.15) is 0 Å². The van der Waals surface area contributed by atoms with Gasteiger partial charge in [0.05, 0.1) is 12.0 Å². The van der Waals surface area contributed by atoms with Crippen molar-refractivity contribution in [3.05, 3.63) is 29.3 Å². The van der Waals surface area contributed by atoms with Gasteiger partial charge in [-0.1, -0.05) is 16.8 Å². The second kappa shape index (κ2) is 4.70. The van der Waals surface area contributed by atoms with Gasteiger partial charge in [0.15, 0.2) is 0 Å². The smallest absolute Gasteiger partial charge is 0.268 e. The minimum Gasteiger partial charge on any atom is -0.268 e. The molecule has 0 unspecified atom stereocenters. The van der Waals surface area contributed by atoms with Crippen LogP contribution in [0.25, 0.3) is 0 Å². The first kappa shape index (κ1) is 12.4. The van der Waals surface area contributed by atoms with E-state index in [9.17, 15) is 8.42 Å². The first-order chi connectivity index (χ1) is 7.96. The Hall–Kier alpha value is -1.01. The van der Waals surface area contributed by atoms with E-state index in [0.717, 1.165) is 34.5 Å². The summed E-state index contributed by atoms with van der Waals surface area (Å²) < 4.78 is 26.4. The number of hydrogen-bond acceptors (Lipinski definition) is 5. The topological polar surface area (TPSA) is 55.7 Å². The molecule has 0 saturated heterocycles. The molecule has 0 aliphatic carbocycles. The van der Waals surface area contributed by atoms with E-state index in [-0.39, 0.29) is 0 Å². The Kier molecular flexibility index (Phi) is 3.44. The largest absolute Gasteiger partial charge is 0.325 e. The number of nitrogens with zero attached hydrogens (tertiary/aromatic N) is 1. The standard InChI is InChI=1S/C11H13NO3S2/c1-8-3-4-11-9(7-8)10(5-6-16-11)12-15-17(2,13)14/h3-4,7H,5-6H2,1-2H3/b12-10+. The van der Waals surface area contributed by atoms with Gasteiger partial charge in [-0.15, -0.1) is 11.8 Å². The Morgan fingerprint density at radius 3 is 2.88 bits per heavy atom. The molecule has 4 nitrogen and oxygen atoms in total. The molecule has 92 valence electrons. The highest BCUT2D eigenvalue weighted by Gasteiger charge is 2.17. The lowest BCUT2D eigenvalue weighted by molar-refractivity contribution is 0.342. The van der Waals surface area contributed by atoms with Crippen LogP contribution >= 0.6 is 11.8 Å². The van der Waals surface area contributed by atoms with E-state index in [1.54, 1.807) is 11.8 Å². The fourth-order valence-electron chi connectivity index (χ4n) is 1.60. The van der Waals surface area contributed by atoms with Crippen LogP contribution in [0.1, 0.15) is 17.5 Å². The fraction of sp³-hybridized carbons (Fsp3) is 0.364. The highest BCUT2D eigenvalue weighted by Crippen LogP contribution is 2.31. The summed E-state index contributed by atoms with van der Waals surface area (Å²) in [6.45, 7) is 1.99. The number of fused-ring (bicyclic) bond motifs is 1. The Balaban J connectivity index is 2.37. The zero-order valence-electron chi connectivity index (χ0n) is 9.63. The molecule has 0 radical (unpaired) electrons. The molecule has 1 aromatic rings. The van der Waals surface area contributed by atoms with E-state index in [1.807, 2.05) is 25.1 Å². The minimum absolute atomic E-state index is 0.702. The van der Waals surface area contributed by atoms with Crippen LogP contribution in [-0.2, 0) is 14.4 Å². The Morgan fingerprint density at radius 1 is 1.41 bits per heavy atom. The van der Waals surface area contributed by atoms with E-state index in [1.165, 1.54) is 0 Å². The number of benzene rings is 1. The molecule has 0 saturated carbocycles. The van der Waals surface area contributed by atoms with Crippen LogP contribution in [0, 0.1) is 6.92 Å². The molecule has 0 spiro atoms. The van der Waals surface area contributed by atoms with Crippen molar-refractivity contribution < 1.29 is 12.7 Å². The number of rotatable bonds is 2. The molecule has 0 aromatic heterocycles. The molecule has 17 heavy (non-hydrogen) atoms. The van der Waals surface area contributed by atoms with Crippen molar-refractivity contribution in [1.82, 2.24) is 0 Å². The van der Waals surface area contributed by atoms with Crippen molar-refractivity contribution in [3.63, 3.8) is 0 Å². The average molecular weight is 271 g/mol. The Labute approximate surface area is 105 Å². The van der Waals surface area contributed by atoms with Crippen molar-refractivity contribution in [2.24, 2.45) is 5.16 Å². The maximum Gasteiger partial charge on any atom is 0.325 e. The highest BCUT2D eigenvalue weighted by atomic mass is 32.2. The Morgan fingerprint density at radius 2 is 2.18 bits per heavy atom. The van der Waals surface area contributed by atoms with Gasteiger partial charge >= 0.3 is 10.1 Å². The third-order valence-corrected chi connectivity index (χ3v) is 3.75. The van der Waals surface area contributed by atoms with Gasteiger partial charge in [-0.2, -0.15) is 8.42 Å². The SMILES string of the molecule is Cc1ccc2c(c1)/C(=N/OS(C)(=O)=O)CCS2. The van der Waals surface area contributed by atoms with Crippen LogP contribution < -0.4 is 0 Å². The second-order valence-electron chi connectivity index (χ2n) is 3.91. The van der Waals surface area contributed by atoms with Crippen LogP contribution in [0.3, 0.4) is 0 Å². The predicted octanol–water partition coefficient (Wildman–Crippen LogP) is 2.17. The van der Waals surface area contributed by atoms with Crippen molar-refractivity contribution in [3.8, 4) is 0 Å². The lowest BCUT2D eigenvalue weighted by atomic mass is 10.1. The lowest BCUT2D eigenvalue weighted by Crippen LogP contribution is -2.11. The quantitative estimate of drug-likeness (QED) is 0.774. The van der Waals surface area contributed by atoms with E-state index in [2.05, 4.69) is 9.44 Å². The van der Waals surface area contributed by atoms with Gasteiger partial charge in [0, 0.05) is 22.6 Å². The normalized spacial score (nSPS) is 17.9. The lowest BCUT2D eigenvalue weighted by Gasteiger charge is -2.17. The van der Waals surface area contributed by atoms with Crippen molar-refractivity contribution in [1.29, 1.82) is 0 Å². The molecule has 0 atom stereocenters. The zero-order valence-corrected chi connectivity index (χ0v) is 11.3. The first-order valence-corrected chi connectivity index (χ1v) is 7.95. The molecule has 0 amide bonds. The number of aryl methyl sites for hydroxylation is 1. The molecule has 1 aromatic carbocycles. The zero-order chi connectivity index (χ0) is 12.5. The fourth-order valence-corrected chi connectivity index (χ4v) is 2.83. The summed E-state index contributed by atoms with van der Waals surface area (Å²) in [7, 11) is -3.53. The number of hydrogen-bond donors (Lipinski definition) is 0. The number of oxime groups is 1. The summed E-state index contributed by atoms with van der Waals surface area (Å²) in [4.78, 5) is 1.12. The number of thioether (sulfide) groups is 1. The van der Waals surface area contributed by atoms with Crippen LogP contribution in [0.5, 0.6) is 0 Å². The van der Waals surface area contributed by atoms with Crippen LogP contribution in [0.15, 0.2) is 28.3 Å². The van der Waals surface area contributed by atoms with E-state index < -0.39 is 10.1 Å². The third kappa shape index (κ3) is 3.23. The molecule has 1 aliphatic rings. The monoisotopic (exact) mass is 271 g/mol. The Bertz CT molecular complexity index is 564. The third-order valence-electron chi connectivity index (χ3n) is 2.33. The summed E-state index contributed by atoms with van der Waals surface area (Å²) in [5.74, 6) is 0.891. The van der Waals surface area contributed by atoms with Crippen molar-refractivity contribution in [2.45, 2.75) is 18.2 Å². The average Bonchev–Trinajstić information content (AvgIpc) is 2.25. The minimum atomic E-state index is -3.53. The van der Waals surface area contributed by atoms with Gasteiger partial charge in [0.25, 0.3) is 0 Å². The van der Waals surface area contributed by atoms with E-state index >= 15 is 0 Å². The molecular weight excluding hydrogens is 258 g/mol. The summed E-state index contributed by atoms with van der Waals surface area (Å²) in [6, 6.07) is 6.07. The van der Waals surface area contributed by atoms with Gasteiger partial charge in [-0.25, -0.2) is 0 Å². The van der Waals surface area contributed by atoms with Crippen molar-refractivity contribution >= 4 is 27.6 Å². The predicted molar refractivity (Wildman–Crippen MR) is 69.0 cm³/mol. The summed E-state index contributed by atoms with van der Waals surface area (Å²) in [5.41, 5.74) is 2.80. The highest BCUT2D eigenvalue weighted by molar-refractivity contribution is 7.99. The maximum absolute atomic E-state index is 10.9. The van der Waals surface area contributed by atoms with E-state index in [4.69, 9.17) is 0 Å². The molecule has 1 aliphatic heterocycles. The van der Waals surface area contributed by atoms with Crippen LogP contribution in [0.2, 0.25) is 0 Å². The summed E-state index contributed by atoms with van der Waals surface area (Å²) in [5, 5.41) is 3.75. The van der Waals surface area contributed by atoms with E-state index in [0.29, 0.717) is 5.71 Å². The van der Waals surface area contributed by atoms with Crippen LogP contribution in [0.4, 0.5) is 0 Å². The molecule has 0 bridgehead atoms. The molecule has 1 heterocycles. The van der Waals surface area contributed by atoms with Gasteiger partial charge < -0.3 is 0 Å².